The molecule has 2 aromatic carbocycles. The topological polar surface area (TPSA) is 76.0 Å². The van der Waals surface area contributed by atoms with E-state index in [0.717, 1.165) is 21.7 Å². The van der Waals surface area contributed by atoms with Crippen LogP contribution in [0.5, 0.6) is 0 Å². The predicted molar refractivity (Wildman–Crippen MR) is 126 cm³/mol. The SMILES string of the molecule is CNCc1cn(S(=O)(=O)c2cccc(Cl)c2)c2cc(Nc3ccc(C(F)(F)F)nc3Cl)ccc12. The molecule has 6 nitrogen and oxygen atoms in total. The molecule has 0 unspecified atom stereocenters. The Hall–Kier alpha value is -2.79. The summed E-state index contributed by atoms with van der Waals surface area (Å²) in [5.41, 5.74) is 0.541. The molecule has 0 aliphatic heterocycles. The smallest absolute Gasteiger partial charge is 0.353 e. The maximum atomic E-state index is 13.4. The van der Waals surface area contributed by atoms with Gasteiger partial charge in [0.15, 0.2) is 5.15 Å². The number of aromatic nitrogens is 2. The van der Waals surface area contributed by atoms with Crippen molar-refractivity contribution in [1.29, 1.82) is 0 Å². The van der Waals surface area contributed by atoms with Gasteiger partial charge in [-0.25, -0.2) is 17.4 Å². The molecule has 0 radical (unpaired) electrons. The fourth-order valence-corrected chi connectivity index (χ4v) is 5.34. The number of hydrogen-bond donors (Lipinski definition) is 2. The fourth-order valence-electron chi connectivity index (χ4n) is 3.46. The van der Waals surface area contributed by atoms with Crippen LogP contribution in [-0.2, 0) is 22.7 Å². The van der Waals surface area contributed by atoms with Gasteiger partial charge >= 0.3 is 6.18 Å². The molecule has 178 valence electrons. The van der Waals surface area contributed by atoms with E-state index in [0.29, 0.717) is 23.1 Å². The lowest BCUT2D eigenvalue weighted by Gasteiger charge is -2.12. The molecule has 0 fully saturated rings. The second-order valence-corrected chi connectivity index (χ2v) is 9.94. The first kappa shape index (κ1) is 24.3. The Bertz CT molecular complexity index is 1490. The minimum absolute atomic E-state index is 0.0150. The van der Waals surface area contributed by atoms with E-state index in [9.17, 15) is 21.6 Å². The Balaban J connectivity index is 1.80. The zero-order valence-corrected chi connectivity index (χ0v) is 19.8. The van der Waals surface area contributed by atoms with Gasteiger partial charge in [-0.2, -0.15) is 13.2 Å². The van der Waals surface area contributed by atoms with Gasteiger partial charge in [-0.3, -0.25) is 0 Å². The highest BCUT2D eigenvalue weighted by Gasteiger charge is 2.33. The highest BCUT2D eigenvalue weighted by molar-refractivity contribution is 7.90. The molecule has 0 aliphatic rings. The first-order chi connectivity index (χ1) is 16.0. The second-order valence-electron chi connectivity index (χ2n) is 7.33. The van der Waals surface area contributed by atoms with Crippen LogP contribution in [0, 0.1) is 0 Å². The minimum Gasteiger partial charge on any atom is -0.353 e. The molecule has 0 saturated heterocycles. The van der Waals surface area contributed by atoms with Crippen molar-refractivity contribution in [3.8, 4) is 0 Å². The third-order valence-corrected chi connectivity index (χ3v) is 7.19. The van der Waals surface area contributed by atoms with Gasteiger partial charge in [0.1, 0.15) is 5.69 Å². The molecule has 0 amide bonds. The Morgan fingerprint density at radius 2 is 1.82 bits per heavy atom. The van der Waals surface area contributed by atoms with E-state index in [1.807, 2.05) is 0 Å². The number of halogens is 5. The summed E-state index contributed by atoms with van der Waals surface area (Å²) >= 11 is 12.0. The molecule has 12 heteroatoms. The van der Waals surface area contributed by atoms with E-state index in [-0.39, 0.29) is 20.8 Å². The summed E-state index contributed by atoms with van der Waals surface area (Å²) in [7, 11) is -2.25. The molecule has 0 saturated carbocycles. The Labute approximate surface area is 203 Å². The average molecular weight is 529 g/mol. The molecule has 2 aromatic heterocycles. The van der Waals surface area contributed by atoms with Crippen molar-refractivity contribution < 1.29 is 21.6 Å². The Morgan fingerprint density at radius 1 is 1.06 bits per heavy atom. The summed E-state index contributed by atoms with van der Waals surface area (Å²) in [6.07, 6.45) is -3.10. The maximum absolute atomic E-state index is 13.4. The number of rotatable bonds is 6. The Kier molecular flexibility index (Phi) is 6.52. The van der Waals surface area contributed by atoms with Crippen LogP contribution in [0.2, 0.25) is 10.2 Å². The largest absolute Gasteiger partial charge is 0.433 e. The molecule has 4 aromatic rings. The van der Waals surface area contributed by atoms with Crippen LogP contribution >= 0.6 is 23.2 Å². The van der Waals surface area contributed by atoms with Gasteiger partial charge in [-0.15, -0.1) is 0 Å². The van der Waals surface area contributed by atoms with Gasteiger partial charge in [-0.1, -0.05) is 35.3 Å². The molecule has 4 rings (SSSR count). The van der Waals surface area contributed by atoms with Gasteiger partial charge in [0.25, 0.3) is 10.0 Å². The van der Waals surface area contributed by atoms with Gasteiger partial charge in [0.2, 0.25) is 0 Å². The molecule has 0 aliphatic carbocycles. The number of nitrogens with one attached hydrogen (secondary N) is 2. The summed E-state index contributed by atoms with van der Waals surface area (Å²) in [5.74, 6) is 0. The van der Waals surface area contributed by atoms with E-state index < -0.39 is 21.9 Å². The van der Waals surface area contributed by atoms with Crippen molar-refractivity contribution in [3.05, 3.63) is 82.2 Å². The first-order valence-corrected chi connectivity index (χ1v) is 12.0. The lowest BCUT2D eigenvalue weighted by molar-refractivity contribution is -0.141. The third kappa shape index (κ3) is 4.72. The number of hydrogen-bond acceptors (Lipinski definition) is 5. The first-order valence-electron chi connectivity index (χ1n) is 9.81. The summed E-state index contributed by atoms with van der Waals surface area (Å²) in [5, 5.41) is 6.50. The van der Waals surface area contributed by atoms with Crippen molar-refractivity contribution in [1.82, 2.24) is 14.3 Å². The highest BCUT2D eigenvalue weighted by atomic mass is 35.5. The van der Waals surface area contributed by atoms with Crippen LogP contribution in [0.1, 0.15) is 11.3 Å². The van der Waals surface area contributed by atoms with Crippen LogP contribution in [-0.4, -0.2) is 24.4 Å². The quantitative estimate of drug-likeness (QED) is 0.297. The fraction of sp³-hybridized carbons (Fsp3) is 0.136. The number of benzene rings is 2. The lowest BCUT2D eigenvalue weighted by atomic mass is 10.1. The van der Waals surface area contributed by atoms with Crippen molar-refractivity contribution in [2.24, 2.45) is 0 Å². The van der Waals surface area contributed by atoms with Crippen molar-refractivity contribution in [2.45, 2.75) is 17.6 Å². The van der Waals surface area contributed by atoms with Gasteiger partial charge in [0.05, 0.1) is 16.1 Å². The van der Waals surface area contributed by atoms with E-state index in [2.05, 4.69) is 15.6 Å². The molecule has 2 heterocycles. The summed E-state index contributed by atoms with van der Waals surface area (Å²) in [6.45, 7) is 0.413. The number of nitrogens with zero attached hydrogens (tertiary/aromatic N) is 2. The molecule has 0 atom stereocenters. The zero-order valence-electron chi connectivity index (χ0n) is 17.5. The number of pyridine rings is 1. The average Bonchev–Trinajstić information content (AvgIpc) is 3.13. The predicted octanol–water partition coefficient (Wildman–Crippen LogP) is 6.06. The van der Waals surface area contributed by atoms with Gasteiger partial charge in [0, 0.05) is 28.8 Å². The molecule has 0 spiro atoms. The van der Waals surface area contributed by atoms with E-state index in [4.69, 9.17) is 23.2 Å². The van der Waals surface area contributed by atoms with E-state index in [1.54, 1.807) is 37.4 Å². The second kappa shape index (κ2) is 9.10. The molecule has 34 heavy (non-hydrogen) atoms. The monoisotopic (exact) mass is 528 g/mol. The summed E-state index contributed by atoms with van der Waals surface area (Å²) in [6, 6.07) is 12.9. The standard InChI is InChI=1S/C22H17Cl2F3N4O2S/c1-28-11-13-12-31(34(32,33)16-4-2-3-14(23)9-16)19-10-15(5-6-17(13)19)29-18-7-8-20(22(25,26)27)30-21(18)24/h2-10,12,28-29H,11H2,1H3. The normalized spacial score (nSPS) is 12.3. The Morgan fingerprint density at radius 3 is 2.47 bits per heavy atom. The van der Waals surface area contributed by atoms with E-state index >= 15 is 0 Å². The molecular formula is C22H17Cl2F3N4O2S. The molecule has 0 bridgehead atoms. The molecule has 2 N–H and O–H groups in total. The van der Waals surface area contributed by atoms with Crippen LogP contribution in [0.15, 0.2) is 65.7 Å². The molecular weight excluding hydrogens is 512 g/mol. The van der Waals surface area contributed by atoms with Crippen LogP contribution in [0.4, 0.5) is 24.5 Å². The van der Waals surface area contributed by atoms with Crippen LogP contribution in [0.3, 0.4) is 0 Å². The number of fused-ring (bicyclic) bond motifs is 1. The zero-order chi connectivity index (χ0) is 24.7. The van der Waals surface area contributed by atoms with Gasteiger partial charge < -0.3 is 10.6 Å². The van der Waals surface area contributed by atoms with Crippen molar-refractivity contribution in [2.75, 3.05) is 12.4 Å². The van der Waals surface area contributed by atoms with Gasteiger partial charge in [-0.05, 0) is 55.1 Å². The van der Waals surface area contributed by atoms with Crippen molar-refractivity contribution in [3.63, 3.8) is 0 Å². The van der Waals surface area contributed by atoms with E-state index in [1.165, 1.54) is 18.3 Å². The van der Waals surface area contributed by atoms with Crippen molar-refractivity contribution >= 4 is 55.5 Å². The lowest BCUT2D eigenvalue weighted by Crippen LogP contribution is -2.12. The van der Waals surface area contributed by atoms with Crippen LogP contribution in [0.25, 0.3) is 10.9 Å². The summed E-state index contributed by atoms with van der Waals surface area (Å²) in [4.78, 5) is 3.41. The maximum Gasteiger partial charge on any atom is 0.433 e. The highest BCUT2D eigenvalue weighted by Crippen LogP contribution is 2.34. The number of alkyl halides is 3. The number of anilines is 2. The summed E-state index contributed by atoms with van der Waals surface area (Å²) < 4.78 is 66.6. The minimum atomic E-state index is -4.62. The third-order valence-electron chi connectivity index (χ3n) is 4.99. The van der Waals surface area contributed by atoms with Crippen LogP contribution < -0.4 is 10.6 Å².